The Morgan fingerprint density at radius 2 is 1.94 bits per heavy atom. The largest absolute Gasteiger partial charge is 0.310 e. The van der Waals surface area contributed by atoms with Gasteiger partial charge in [0.25, 0.3) is 0 Å². The molecule has 2 heteroatoms. The molecular weight excluding hydrogens is 213 g/mol. The van der Waals surface area contributed by atoms with Crippen molar-refractivity contribution in [3.8, 4) is 0 Å². The van der Waals surface area contributed by atoms with Crippen LogP contribution in [0.15, 0.2) is 24.3 Å². The van der Waals surface area contributed by atoms with E-state index in [0.717, 1.165) is 18.4 Å². The second kappa shape index (κ2) is 5.63. The lowest BCUT2D eigenvalue weighted by atomic mass is 9.93. The summed E-state index contributed by atoms with van der Waals surface area (Å²) in [6.45, 7) is 5.48. The van der Waals surface area contributed by atoms with Crippen LogP contribution >= 0.6 is 0 Å². The lowest BCUT2D eigenvalue weighted by molar-refractivity contribution is 0.344. The number of benzene rings is 1. The van der Waals surface area contributed by atoms with Crippen LogP contribution in [0.2, 0.25) is 0 Å². The summed E-state index contributed by atoms with van der Waals surface area (Å²) in [5.74, 6) is 1.48. The molecule has 1 saturated carbocycles. The molecule has 0 bridgehead atoms. The highest BCUT2D eigenvalue weighted by Gasteiger charge is 2.30. The van der Waals surface area contributed by atoms with Crippen LogP contribution < -0.4 is 5.32 Å². The quantitative estimate of drug-likeness (QED) is 0.838. The van der Waals surface area contributed by atoms with Crippen LogP contribution in [0.5, 0.6) is 0 Å². The van der Waals surface area contributed by atoms with E-state index in [2.05, 4.69) is 19.2 Å². The van der Waals surface area contributed by atoms with Crippen molar-refractivity contribution in [2.45, 2.75) is 45.7 Å². The van der Waals surface area contributed by atoms with E-state index in [0.29, 0.717) is 6.04 Å². The van der Waals surface area contributed by atoms with Crippen LogP contribution in [-0.4, -0.2) is 6.04 Å². The molecule has 3 unspecified atom stereocenters. The molecule has 0 aromatic heterocycles. The minimum absolute atomic E-state index is 0.158. The first-order chi connectivity index (χ1) is 8.20. The number of hydrogen-bond acceptors (Lipinski definition) is 1. The van der Waals surface area contributed by atoms with E-state index in [9.17, 15) is 4.39 Å². The van der Waals surface area contributed by atoms with Gasteiger partial charge in [-0.1, -0.05) is 32.4 Å². The van der Waals surface area contributed by atoms with E-state index in [1.165, 1.54) is 37.0 Å². The van der Waals surface area contributed by atoms with E-state index >= 15 is 0 Å². The third-order valence-electron chi connectivity index (χ3n) is 4.23. The highest BCUT2D eigenvalue weighted by atomic mass is 19.1. The molecule has 1 nitrogen and oxygen atoms in total. The Bertz CT molecular complexity index is 346. The number of halogens is 1. The summed E-state index contributed by atoms with van der Waals surface area (Å²) in [6.07, 6.45) is 3.91. The second-order valence-corrected chi connectivity index (χ2v) is 5.22. The van der Waals surface area contributed by atoms with Gasteiger partial charge in [-0.05, 0) is 42.4 Å². The molecule has 0 heterocycles. The van der Waals surface area contributed by atoms with Gasteiger partial charge < -0.3 is 5.32 Å². The molecule has 1 aromatic carbocycles. The van der Waals surface area contributed by atoms with Crippen molar-refractivity contribution in [2.75, 3.05) is 0 Å². The average molecular weight is 235 g/mol. The molecule has 1 fully saturated rings. The van der Waals surface area contributed by atoms with Crippen molar-refractivity contribution in [1.29, 1.82) is 0 Å². The third-order valence-corrected chi connectivity index (χ3v) is 4.23. The van der Waals surface area contributed by atoms with E-state index in [1.54, 1.807) is 0 Å². The van der Waals surface area contributed by atoms with Crippen LogP contribution in [0.25, 0.3) is 0 Å². The summed E-state index contributed by atoms with van der Waals surface area (Å²) in [5, 5.41) is 3.61. The molecule has 0 aliphatic heterocycles. The van der Waals surface area contributed by atoms with E-state index in [4.69, 9.17) is 0 Å². The summed E-state index contributed by atoms with van der Waals surface area (Å²) >= 11 is 0. The molecule has 1 aliphatic rings. The van der Waals surface area contributed by atoms with Crippen molar-refractivity contribution in [2.24, 2.45) is 11.8 Å². The Morgan fingerprint density at radius 3 is 2.53 bits per heavy atom. The van der Waals surface area contributed by atoms with Crippen molar-refractivity contribution in [1.82, 2.24) is 5.32 Å². The Morgan fingerprint density at radius 1 is 1.24 bits per heavy atom. The van der Waals surface area contributed by atoms with Gasteiger partial charge >= 0.3 is 0 Å². The van der Waals surface area contributed by atoms with Gasteiger partial charge in [0.1, 0.15) is 5.82 Å². The normalized spacial score (nSPS) is 28.5. The van der Waals surface area contributed by atoms with Gasteiger partial charge in [-0.2, -0.15) is 0 Å². The monoisotopic (exact) mass is 235 g/mol. The van der Waals surface area contributed by atoms with Gasteiger partial charge in [0.2, 0.25) is 0 Å². The van der Waals surface area contributed by atoms with Crippen molar-refractivity contribution >= 4 is 0 Å². The predicted molar refractivity (Wildman–Crippen MR) is 69.2 cm³/mol. The van der Waals surface area contributed by atoms with Crippen LogP contribution in [0.3, 0.4) is 0 Å². The second-order valence-electron chi connectivity index (χ2n) is 5.22. The first kappa shape index (κ1) is 12.6. The molecule has 1 aliphatic carbocycles. The lowest BCUT2D eigenvalue weighted by Gasteiger charge is -2.21. The molecule has 0 saturated heterocycles. The zero-order valence-electron chi connectivity index (χ0n) is 10.7. The van der Waals surface area contributed by atoms with Crippen molar-refractivity contribution < 1.29 is 4.39 Å². The average Bonchev–Trinajstić information content (AvgIpc) is 2.69. The van der Waals surface area contributed by atoms with Crippen molar-refractivity contribution in [3.05, 3.63) is 35.6 Å². The van der Waals surface area contributed by atoms with Gasteiger partial charge in [0, 0.05) is 12.6 Å². The molecule has 0 radical (unpaired) electrons. The topological polar surface area (TPSA) is 12.0 Å². The Labute approximate surface area is 103 Å². The highest BCUT2D eigenvalue weighted by molar-refractivity contribution is 5.15. The summed E-state index contributed by atoms with van der Waals surface area (Å²) < 4.78 is 12.8. The first-order valence-corrected chi connectivity index (χ1v) is 6.68. The molecule has 1 N–H and O–H groups in total. The molecule has 94 valence electrons. The van der Waals surface area contributed by atoms with Crippen molar-refractivity contribution in [3.63, 3.8) is 0 Å². The Balaban J connectivity index is 1.84. The molecule has 1 aromatic rings. The smallest absolute Gasteiger partial charge is 0.123 e. The van der Waals surface area contributed by atoms with Gasteiger partial charge in [-0.15, -0.1) is 0 Å². The zero-order valence-corrected chi connectivity index (χ0v) is 10.7. The summed E-state index contributed by atoms with van der Waals surface area (Å²) in [7, 11) is 0. The summed E-state index contributed by atoms with van der Waals surface area (Å²) in [5.41, 5.74) is 1.17. The van der Waals surface area contributed by atoms with Crippen LogP contribution in [0.1, 0.15) is 38.7 Å². The summed E-state index contributed by atoms with van der Waals surface area (Å²) in [6, 6.07) is 7.41. The molecular formula is C15H22FN. The first-order valence-electron chi connectivity index (χ1n) is 6.68. The van der Waals surface area contributed by atoms with Gasteiger partial charge in [-0.25, -0.2) is 4.39 Å². The van der Waals surface area contributed by atoms with Gasteiger partial charge in [0.05, 0.1) is 0 Å². The fourth-order valence-electron chi connectivity index (χ4n) is 2.96. The molecule has 0 spiro atoms. The Kier molecular flexibility index (Phi) is 4.16. The van der Waals surface area contributed by atoms with Gasteiger partial charge in [0.15, 0.2) is 0 Å². The number of hydrogen-bond donors (Lipinski definition) is 1. The molecule has 17 heavy (non-hydrogen) atoms. The minimum Gasteiger partial charge on any atom is -0.310 e. The van der Waals surface area contributed by atoms with E-state index in [1.807, 2.05) is 12.1 Å². The number of rotatable bonds is 4. The molecule has 3 atom stereocenters. The zero-order chi connectivity index (χ0) is 12.3. The highest BCUT2D eigenvalue weighted by Crippen LogP contribution is 2.33. The Hall–Kier alpha value is -0.890. The van der Waals surface area contributed by atoms with E-state index < -0.39 is 0 Å². The minimum atomic E-state index is -0.158. The maximum Gasteiger partial charge on any atom is 0.123 e. The predicted octanol–water partition coefficient (Wildman–Crippen LogP) is 3.74. The van der Waals surface area contributed by atoms with E-state index in [-0.39, 0.29) is 5.82 Å². The molecule has 0 amide bonds. The summed E-state index contributed by atoms with van der Waals surface area (Å²) in [4.78, 5) is 0. The van der Waals surface area contributed by atoms with Gasteiger partial charge in [-0.3, -0.25) is 0 Å². The third kappa shape index (κ3) is 3.06. The fourth-order valence-corrected chi connectivity index (χ4v) is 2.96. The lowest BCUT2D eigenvalue weighted by Crippen LogP contribution is -2.32. The van der Waals surface area contributed by atoms with Crippen LogP contribution in [-0.2, 0) is 6.54 Å². The maximum absolute atomic E-state index is 12.8. The molecule has 2 rings (SSSR count). The number of nitrogens with one attached hydrogen (secondary N) is 1. The van der Waals surface area contributed by atoms with Crippen LogP contribution in [0.4, 0.5) is 4.39 Å². The SMILES string of the molecule is CCC1CCC(NCc2ccc(F)cc2)C1C. The van der Waals surface area contributed by atoms with Crippen LogP contribution in [0, 0.1) is 17.7 Å². The maximum atomic E-state index is 12.8. The fraction of sp³-hybridized carbons (Fsp3) is 0.600. The standard InChI is InChI=1S/C15H22FN/c1-3-13-6-9-15(11(13)2)17-10-12-4-7-14(16)8-5-12/h4-5,7-8,11,13,15,17H,3,6,9-10H2,1-2H3.